The highest BCUT2D eigenvalue weighted by atomic mass is 16.5. The van der Waals surface area contributed by atoms with E-state index in [4.69, 9.17) is 4.52 Å². The van der Waals surface area contributed by atoms with Gasteiger partial charge in [0.2, 0.25) is 11.7 Å². The summed E-state index contributed by atoms with van der Waals surface area (Å²) in [6, 6.07) is 0.926. The Morgan fingerprint density at radius 3 is 2.56 bits per heavy atom. The van der Waals surface area contributed by atoms with Crippen LogP contribution < -0.4 is 5.32 Å². The standard InChI is InChI=1S/C10H15N3O3/c1-6-5-8(16-12-6)9(14)11-7(2)10(15)13(3)4/h5,7H,1-4H3,(H,11,14)/t7-/m0/s1. The van der Waals surface area contributed by atoms with E-state index < -0.39 is 11.9 Å². The number of nitrogens with zero attached hydrogens (tertiary/aromatic N) is 2. The smallest absolute Gasteiger partial charge is 0.290 e. The van der Waals surface area contributed by atoms with Crippen molar-refractivity contribution in [3.63, 3.8) is 0 Å². The molecule has 0 unspecified atom stereocenters. The third-order valence-corrected chi connectivity index (χ3v) is 2.01. The average Bonchev–Trinajstić information content (AvgIpc) is 2.63. The molecule has 1 heterocycles. The molecule has 1 N–H and O–H groups in total. The van der Waals surface area contributed by atoms with Gasteiger partial charge in [0.25, 0.3) is 5.91 Å². The Kier molecular flexibility index (Phi) is 3.65. The summed E-state index contributed by atoms with van der Waals surface area (Å²) in [6.45, 7) is 3.33. The summed E-state index contributed by atoms with van der Waals surface area (Å²) in [5.74, 6) is -0.510. The van der Waals surface area contributed by atoms with E-state index in [0.29, 0.717) is 5.69 Å². The van der Waals surface area contributed by atoms with Crippen LogP contribution in [0.3, 0.4) is 0 Å². The predicted octanol–water partition coefficient (Wildman–Crippen LogP) is 0.190. The van der Waals surface area contributed by atoms with E-state index in [2.05, 4.69) is 10.5 Å². The third kappa shape index (κ3) is 2.82. The summed E-state index contributed by atoms with van der Waals surface area (Å²) in [4.78, 5) is 24.5. The lowest BCUT2D eigenvalue weighted by Gasteiger charge is -2.17. The Morgan fingerprint density at radius 1 is 1.50 bits per heavy atom. The van der Waals surface area contributed by atoms with Crippen LogP contribution in [0, 0.1) is 6.92 Å². The zero-order valence-electron chi connectivity index (χ0n) is 9.77. The minimum Gasteiger partial charge on any atom is -0.351 e. The van der Waals surface area contributed by atoms with Crippen molar-refractivity contribution in [2.75, 3.05) is 14.1 Å². The van der Waals surface area contributed by atoms with Crippen molar-refractivity contribution in [1.29, 1.82) is 0 Å². The van der Waals surface area contributed by atoms with Crippen molar-refractivity contribution in [3.05, 3.63) is 17.5 Å². The second-order valence-electron chi connectivity index (χ2n) is 3.76. The number of aromatic nitrogens is 1. The van der Waals surface area contributed by atoms with Crippen molar-refractivity contribution >= 4 is 11.8 Å². The number of nitrogens with one attached hydrogen (secondary N) is 1. The third-order valence-electron chi connectivity index (χ3n) is 2.01. The van der Waals surface area contributed by atoms with Crippen LogP contribution >= 0.6 is 0 Å². The highest BCUT2D eigenvalue weighted by molar-refractivity contribution is 5.95. The van der Waals surface area contributed by atoms with E-state index >= 15 is 0 Å². The van der Waals surface area contributed by atoms with Crippen molar-refractivity contribution in [3.8, 4) is 0 Å². The molecule has 88 valence electrons. The number of amides is 2. The van der Waals surface area contributed by atoms with E-state index in [9.17, 15) is 9.59 Å². The first kappa shape index (κ1) is 12.2. The van der Waals surface area contributed by atoms with Crippen LogP contribution in [0.25, 0.3) is 0 Å². The van der Waals surface area contributed by atoms with E-state index in [1.165, 1.54) is 11.0 Å². The molecule has 1 rings (SSSR count). The van der Waals surface area contributed by atoms with Gasteiger partial charge in [0.15, 0.2) is 0 Å². The molecule has 0 fully saturated rings. The van der Waals surface area contributed by atoms with Gasteiger partial charge in [-0.15, -0.1) is 0 Å². The van der Waals surface area contributed by atoms with Crippen molar-refractivity contribution < 1.29 is 14.1 Å². The highest BCUT2D eigenvalue weighted by Crippen LogP contribution is 2.02. The summed E-state index contributed by atoms with van der Waals surface area (Å²) in [6.07, 6.45) is 0. The Morgan fingerprint density at radius 2 is 2.12 bits per heavy atom. The van der Waals surface area contributed by atoms with Crippen molar-refractivity contribution in [2.45, 2.75) is 19.9 Å². The number of aryl methyl sites for hydroxylation is 1. The van der Waals surface area contributed by atoms with Crippen LogP contribution in [0.5, 0.6) is 0 Å². The SMILES string of the molecule is Cc1cc(C(=O)N[C@@H](C)C(=O)N(C)C)on1. The van der Waals surface area contributed by atoms with Gasteiger partial charge in [-0.05, 0) is 13.8 Å². The van der Waals surface area contributed by atoms with Crippen LogP contribution in [0.15, 0.2) is 10.6 Å². The summed E-state index contributed by atoms with van der Waals surface area (Å²) in [7, 11) is 3.26. The summed E-state index contributed by atoms with van der Waals surface area (Å²) < 4.78 is 4.78. The van der Waals surface area contributed by atoms with Gasteiger partial charge < -0.3 is 14.7 Å². The molecule has 0 aliphatic carbocycles. The lowest BCUT2D eigenvalue weighted by molar-refractivity contribution is -0.130. The molecule has 0 saturated heterocycles. The second kappa shape index (κ2) is 4.78. The lowest BCUT2D eigenvalue weighted by Crippen LogP contribution is -2.44. The maximum absolute atomic E-state index is 11.6. The normalized spacial score (nSPS) is 12.0. The fourth-order valence-corrected chi connectivity index (χ4v) is 1.19. The molecule has 2 amide bonds. The lowest BCUT2D eigenvalue weighted by atomic mass is 10.3. The molecule has 0 aliphatic heterocycles. The highest BCUT2D eigenvalue weighted by Gasteiger charge is 2.20. The molecule has 16 heavy (non-hydrogen) atoms. The summed E-state index contributed by atoms with van der Waals surface area (Å²) in [5.41, 5.74) is 0.622. The van der Waals surface area contributed by atoms with Gasteiger partial charge in [-0.3, -0.25) is 9.59 Å². The van der Waals surface area contributed by atoms with Crippen molar-refractivity contribution in [1.82, 2.24) is 15.4 Å². The maximum Gasteiger partial charge on any atom is 0.290 e. The number of rotatable bonds is 3. The zero-order valence-corrected chi connectivity index (χ0v) is 9.77. The molecule has 0 radical (unpaired) electrons. The minimum absolute atomic E-state index is 0.107. The fraction of sp³-hybridized carbons (Fsp3) is 0.500. The van der Waals surface area contributed by atoms with E-state index in [1.807, 2.05) is 0 Å². The molecule has 0 aromatic carbocycles. The van der Waals surface area contributed by atoms with E-state index in [0.717, 1.165) is 0 Å². The Bertz CT molecular complexity index is 398. The number of likely N-dealkylation sites (N-methyl/N-ethyl adjacent to an activating group) is 1. The molecule has 0 bridgehead atoms. The zero-order chi connectivity index (χ0) is 12.3. The molecule has 1 atom stereocenters. The van der Waals surface area contributed by atoms with Crippen molar-refractivity contribution in [2.24, 2.45) is 0 Å². The average molecular weight is 225 g/mol. The molecule has 1 aromatic heterocycles. The van der Waals surface area contributed by atoms with Crippen LogP contribution in [0.4, 0.5) is 0 Å². The molecule has 0 spiro atoms. The summed E-state index contributed by atoms with van der Waals surface area (Å²) >= 11 is 0. The van der Waals surface area contributed by atoms with Gasteiger partial charge in [0, 0.05) is 20.2 Å². The molecule has 6 nitrogen and oxygen atoms in total. The van der Waals surface area contributed by atoms with Crippen LogP contribution in [-0.2, 0) is 4.79 Å². The van der Waals surface area contributed by atoms with Crippen LogP contribution in [0.2, 0.25) is 0 Å². The first-order valence-corrected chi connectivity index (χ1v) is 4.87. The number of hydrogen-bond acceptors (Lipinski definition) is 4. The maximum atomic E-state index is 11.6. The molecule has 0 saturated carbocycles. The topological polar surface area (TPSA) is 75.4 Å². The molecule has 1 aromatic rings. The molecular weight excluding hydrogens is 210 g/mol. The van der Waals surface area contributed by atoms with E-state index in [1.54, 1.807) is 27.9 Å². The molecule has 6 heteroatoms. The van der Waals surface area contributed by atoms with Gasteiger partial charge in [0.05, 0.1) is 5.69 Å². The Balaban J connectivity index is 2.61. The van der Waals surface area contributed by atoms with Gasteiger partial charge >= 0.3 is 0 Å². The first-order valence-electron chi connectivity index (χ1n) is 4.87. The predicted molar refractivity (Wildman–Crippen MR) is 56.9 cm³/mol. The number of carbonyl (C=O) groups excluding carboxylic acids is 2. The Labute approximate surface area is 93.6 Å². The van der Waals surface area contributed by atoms with Gasteiger partial charge in [-0.1, -0.05) is 5.16 Å². The largest absolute Gasteiger partial charge is 0.351 e. The second-order valence-corrected chi connectivity index (χ2v) is 3.76. The first-order chi connectivity index (χ1) is 7.41. The number of hydrogen-bond donors (Lipinski definition) is 1. The Hall–Kier alpha value is -1.85. The van der Waals surface area contributed by atoms with Gasteiger partial charge in [-0.2, -0.15) is 0 Å². The fourth-order valence-electron chi connectivity index (χ4n) is 1.19. The van der Waals surface area contributed by atoms with Gasteiger partial charge in [0.1, 0.15) is 6.04 Å². The monoisotopic (exact) mass is 225 g/mol. The quantitative estimate of drug-likeness (QED) is 0.796. The van der Waals surface area contributed by atoms with Gasteiger partial charge in [-0.25, -0.2) is 0 Å². The minimum atomic E-state index is -0.590. The van der Waals surface area contributed by atoms with E-state index in [-0.39, 0.29) is 11.7 Å². The number of carbonyl (C=O) groups is 2. The van der Waals surface area contributed by atoms with Crippen LogP contribution in [0.1, 0.15) is 23.2 Å². The molecule has 0 aliphatic rings. The summed E-state index contributed by atoms with van der Waals surface area (Å²) in [5, 5.41) is 6.12. The van der Waals surface area contributed by atoms with Crippen LogP contribution in [-0.4, -0.2) is 42.0 Å². The molecular formula is C10H15N3O3.